The van der Waals surface area contributed by atoms with Crippen LogP contribution in [-0.4, -0.2) is 40.6 Å². The summed E-state index contributed by atoms with van der Waals surface area (Å²) in [6, 6.07) is 5.93. The van der Waals surface area contributed by atoms with Crippen LogP contribution in [0, 0.1) is 13.8 Å². The quantitative estimate of drug-likeness (QED) is 0.914. The average molecular weight is 259 g/mol. The second-order valence-electron chi connectivity index (χ2n) is 5.24. The van der Waals surface area contributed by atoms with E-state index in [9.17, 15) is 5.11 Å². The standard InChI is InChI=1S/C15H21N3O/c1-10-13-6-5-12(15(19)7-8-18(3)4)9-14(13)17-11(2)16-10/h5-6,9,15,19H,7-8H2,1-4H3. The van der Waals surface area contributed by atoms with Crippen LogP contribution < -0.4 is 0 Å². The minimum absolute atomic E-state index is 0.442. The molecule has 0 aliphatic rings. The lowest BCUT2D eigenvalue weighted by molar-refractivity contribution is 0.154. The van der Waals surface area contributed by atoms with Gasteiger partial charge >= 0.3 is 0 Å². The molecule has 2 aromatic rings. The van der Waals surface area contributed by atoms with Crippen molar-refractivity contribution in [2.45, 2.75) is 26.4 Å². The zero-order chi connectivity index (χ0) is 14.0. The Balaban J connectivity index is 2.30. The third kappa shape index (κ3) is 3.28. The third-order valence-corrected chi connectivity index (χ3v) is 3.26. The molecule has 1 aromatic carbocycles. The number of aliphatic hydroxyl groups is 1. The zero-order valence-electron chi connectivity index (χ0n) is 12.0. The van der Waals surface area contributed by atoms with Crippen molar-refractivity contribution in [3.05, 3.63) is 35.3 Å². The molecule has 4 nitrogen and oxygen atoms in total. The molecule has 0 aliphatic heterocycles. The first-order chi connectivity index (χ1) is 8.97. The summed E-state index contributed by atoms with van der Waals surface area (Å²) in [6.45, 7) is 4.74. The molecule has 1 unspecified atom stereocenters. The summed E-state index contributed by atoms with van der Waals surface area (Å²) < 4.78 is 0. The predicted octanol–water partition coefficient (Wildman–Crippen LogP) is 2.23. The fourth-order valence-electron chi connectivity index (χ4n) is 2.20. The van der Waals surface area contributed by atoms with E-state index in [1.165, 1.54) is 0 Å². The summed E-state index contributed by atoms with van der Waals surface area (Å²) in [5, 5.41) is 11.2. The van der Waals surface area contributed by atoms with Crippen molar-refractivity contribution >= 4 is 10.9 Å². The van der Waals surface area contributed by atoms with Gasteiger partial charge in [0.05, 0.1) is 11.6 Å². The number of aryl methyl sites for hydroxylation is 2. The van der Waals surface area contributed by atoms with Crippen LogP contribution >= 0.6 is 0 Å². The number of benzene rings is 1. The van der Waals surface area contributed by atoms with Crippen LogP contribution in [0.1, 0.15) is 29.6 Å². The summed E-state index contributed by atoms with van der Waals surface area (Å²) in [5.41, 5.74) is 2.81. The van der Waals surface area contributed by atoms with Gasteiger partial charge in [-0.2, -0.15) is 0 Å². The maximum Gasteiger partial charge on any atom is 0.126 e. The molecular weight excluding hydrogens is 238 g/mol. The van der Waals surface area contributed by atoms with E-state index in [1.54, 1.807) is 0 Å². The van der Waals surface area contributed by atoms with Gasteiger partial charge in [-0.05, 0) is 46.0 Å². The van der Waals surface area contributed by atoms with Crippen molar-refractivity contribution < 1.29 is 5.11 Å². The lowest BCUT2D eigenvalue weighted by atomic mass is 10.0. The van der Waals surface area contributed by atoms with Gasteiger partial charge in [-0.3, -0.25) is 0 Å². The second-order valence-corrected chi connectivity index (χ2v) is 5.24. The molecule has 0 saturated heterocycles. The Labute approximate surface area is 114 Å². The average Bonchev–Trinajstić information content (AvgIpc) is 2.34. The molecule has 1 heterocycles. The summed E-state index contributed by atoms with van der Waals surface area (Å²) in [6.07, 6.45) is 0.282. The van der Waals surface area contributed by atoms with Gasteiger partial charge in [0, 0.05) is 17.6 Å². The third-order valence-electron chi connectivity index (χ3n) is 3.26. The van der Waals surface area contributed by atoms with Crippen LogP contribution in [-0.2, 0) is 0 Å². The molecule has 0 amide bonds. The van der Waals surface area contributed by atoms with Crippen molar-refractivity contribution in [1.82, 2.24) is 14.9 Å². The number of fused-ring (bicyclic) bond motifs is 1. The Morgan fingerprint density at radius 1 is 1.21 bits per heavy atom. The minimum Gasteiger partial charge on any atom is -0.388 e. The topological polar surface area (TPSA) is 49.3 Å². The Morgan fingerprint density at radius 3 is 2.63 bits per heavy atom. The molecule has 0 bridgehead atoms. The van der Waals surface area contributed by atoms with Crippen molar-refractivity contribution in [3.63, 3.8) is 0 Å². The molecule has 2 rings (SSSR count). The second kappa shape index (κ2) is 5.63. The van der Waals surface area contributed by atoms with E-state index < -0.39 is 6.10 Å². The summed E-state index contributed by atoms with van der Waals surface area (Å²) in [5.74, 6) is 0.768. The number of hydrogen-bond donors (Lipinski definition) is 1. The van der Waals surface area contributed by atoms with Crippen molar-refractivity contribution in [2.75, 3.05) is 20.6 Å². The smallest absolute Gasteiger partial charge is 0.126 e. The Kier molecular flexibility index (Phi) is 4.12. The van der Waals surface area contributed by atoms with Gasteiger partial charge in [0.15, 0.2) is 0 Å². The Morgan fingerprint density at radius 2 is 1.95 bits per heavy atom. The van der Waals surface area contributed by atoms with E-state index in [0.717, 1.165) is 41.0 Å². The highest BCUT2D eigenvalue weighted by molar-refractivity contribution is 5.81. The number of nitrogens with zero attached hydrogens (tertiary/aromatic N) is 3. The summed E-state index contributed by atoms with van der Waals surface area (Å²) in [7, 11) is 4.01. The summed E-state index contributed by atoms with van der Waals surface area (Å²) in [4.78, 5) is 10.9. The zero-order valence-corrected chi connectivity index (χ0v) is 12.0. The van der Waals surface area contributed by atoms with Gasteiger partial charge in [-0.15, -0.1) is 0 Å². The van der Waals surface area contributed by atoms with E-state index in [0.29, 0.717) is 0 Å². The number of rotatable bonds is 4. The van der Waals surface area contributed by atoms with Crippen LogP contribution in [0.5, 0.6) is 0 Å². The lowest BCUT2D eigenvalue weighted by Crippen LogP contribution is -2.15. The van der Waals surface area contributed by atoms with Crippen molar-refractivity contribution in [2.24, 2.45) is 0 Å². The number of aliphatic hydroxyl groups excluding tert-OH is 1. The predicted molar refractivity (Wildman–Crippen MR) is 77.1 cm³/mol. The maximum absolute atomic E-state index is 10.2. The largest absolute Gasteiger partial charge is 0.388 e. The maximum atomic E-state index is 10.2. The van der Waals surface area contributed by atoms with Gasteiger partial charge in [-0.25, -0.2) is 9.97 Å². The fourth-order valence-corrected chi connectivity index (χ4v) is 2.20. The first-order valence-electron chi connectivity index (χ1n) is 6.55. The molecule has 1 N–H and O–H groups in total. The Hall–Kier alpha value is -1.52. The lowest BCUT2D eigenvalue weighted by Gasteiger charge is -2.15. The highest BCUT2D eigenvalue weighted by Gasteiger charge is 2.10. The molecule has 0 fully saturated rings. The van der Waals surface area contributed by atoms with E-state index in [1.807, 2.05) is 46.1 Å². The first kappa shape index (κ1) is 13.9. The molecule has 19 heavy (non-hydrogen) atoms. The molecule has 102 valence electrons. The molecule has 1 atom stereocenters. The molecular formula is C15H21N3O. The van der Waals surface area contributed by atoms with Gasteiger partial charge in [0.25, 0.3) is 0 Å². The normalized spacial score (nSPS) is 13.2. The summed E-state index contributed by atoms with van der Waals surface area (Å²) >= 11 is 0. The monoisotopic (exact) mass is 259 g/mol. The van der Waals surface area contributed by atoms with Crippen LogP contribution in [0.2, 0.25) is 0 Å². The van der Waals surface area contributed by atoms with Gasteiger partial charge in [0.2, 0.25) is 0 Å². The van der Waals surface area contributed by atoms with Crippen LogP contribution in [0.4, 0.5) is 0 Å². The van der Waals surface area contributed by atoms with Crippen LogP contribution in [0.25, 0.3) is 10.9 Å². The molecule has 4 heteroatoms. The molecule has 0 spiro atoms. The number of aromatic nitrogens is 2. The van der Waals surface area contributed by atoms with Crippen molar-refractivity contribution in [3.8, 4) is 0 Å². The molecule has 0 aliphatic carbocycles. The molecule has 1 aromatic heterocycles. The van der Waals surface area contributed by atoms with E-state index in [-0.39, 0.29) is 0 Å². The minimum atomic E-state index is -0.442. The van der Waals surface area contributed by atoms with Crippen LogP contribution in [0.15, 0.2) is 18.2 Å². The van der Waals surface area contributed by atoms with Gasteiger partial charge in [0.1, 0.15) is 5.82 Å². The Bertz CT molecular complexity index is 581. The number of hydrogen-bond acceptors (Lipinski definition) is 4. The van der Waals surface area contributed by atoms with E-state index in [4.69, 9.17) is 0 Å². The highest BCUT2D eigenvalue weighted by atomic mass is 16.3. The first-order valence-corrected chi connectivity index (χ1v) is 6.55. The molecule has 0 radical (unpaired) electrons. The van der Waals surface area contributed by atoms with Gasteiger partial charge < -0.3 is 10.0 Å². The van der Waals surface area contributed by atoms with E-state index in [2.05, 4.69) is 14.9 Å². The SMILES string of the molecule is Cc1nc(C)c2ccc(C(O)CCN(C)C)cc2n1. The fraction of sp³-hybridized carbons (Fsp3) is 0.467. The highest BCUT2D eigenvalue weighted by Crippen LogP contribution is 2.22. The van der Waals surface area contributed by atoms with Crippen LogP contribution in [0.3, 0.4) is 0 Å². The van der Waals surface area contributed by atoms with Gasteiger partial charge in [-0.1, -0.05) is 12.1 Å². The van der Waals surface area contributed by atoms with Crippen molar-refractivity contribution in [1.29, 1.82) is 0 Å². The molecule has 0 saturated carbocycles. The van der Waals surface area contributed by atoms with E-state index >= 15 is 0 Å².